The molecule has 3 rings (SSSR count). The number of aromatic nitrogens is 2. The van der Waals surface area contributed by atoms with E-state index in [-0.39, 0.29) is 5.91 Å². The summed E-state index contributed by atoms with van der Waals surface area (Å²) in [4.78, 5) is 14.4. The van der Waals surface area contributed by atoms with Gasteiger partial charge in [0, 0.05) is 25.8 Å². The van der Waals surface area contributed by atoms with Crippen LogP contribution in [0.1, 0.15) is 41.7 Å². The van der Waals surface area contributed by atoms with E-state index in [2.05, 4.69) is 17.2 Å². The second-order valence-electron chi connectivity index (χ2n) is 5.90. The lowest BCUT2D eigenvalue weighted by atomic mass is 9.89. The zero-order valence-corrected chi connectivity index (χ0v) is 13.7. The molecule has 0 N–H and O–H groups in total. The molecule has 1 amide bonds. The van der Waals surface area contributed by atoms with Gasteiger partial charge in [0.1, 0.15) is 11.4 Å². The van der Waals surface area contributed by atoms with E-state index in [1.54, 1.807) is 17.9 Å². The number of rotatable bonds is 4. The van der Waals surface area contributed by atoms with Crippen molar-refractivity contribution in [2.24, 2.45) is 0 Å². The van der Waals surface area contributed by atoms with Crippen LogP contribution < -0.4 is 4.74 Å². The summed E-state index contributed by atoms with van der Waals surface area (Å²) in [5.74, 6) is 1.43. The molecule has 1 aromatic heterocycles. The van der Waals surface area contributed by atoms with Crippen LogP contribution in [0.2, 0.25) is 0 Å². The average molecular weight is 313 g/mol. The highest BCUT2D eigenvalue weighted by Gasteiger charge is 2.25. The molecule has 0 unspecified atom stereocenters. The predicted octanol–water partition coefficient (Wildman–Crippen LogP) is 2.93. The zero-order valence-electron chi connectivity index (χ0n) is 13.7. The number of hydrogen-bond acceptors (Lipinski definition) is 3. The Morgan fingerprint density at radius 3 is 2.74 bits per heavy atom. The van der Waals surface area contributed by atoms with Crippen molar-refractivity contribution in [2.75, 3.05) is 20.2 Å². The summed E-state index contributed by atoms with van der Waals surface area (Å²) in [5, 5.41) is 4.31. The van der Waals surface area contributed by atoms with Gasteiger partial charge in [-0.2, -0.15) is 5.10 Å². The molecule has 2 heterocycles. The summed E-state index contributed by atoms with van der Waals surface area (Å²) in [5.41, 5.74) is 1.85. The molecule has 1 aromatic carbocycles. The number of carbonyl (C=O) groups excluding carboxylic acids is 1. The van der Waals surface area contributed by atoms with E-state index >= 15 is 0 Å². The van der Waals surface area contributed by atoms with Crippen LogP contribution in [0.3, 0.4) is 0 Å². The Hall–Kier alpha value is -2.30. The van der Waals surface area contributed by atoms with Crippen LogP contribution in [0.4, 0.5) is 0 Å². The molecule has 0 spiro atoms. The average Bonchev–Trinajstić information content (AvgIpc) is 3.10. The van der Waals surface area contributed by atoms with Crippen LogP contribution in [-0.4, -0.2) is 40.8 Å². The van der Waals surface area contributed by atoms with E-state index in [1.165, 1.54) is 5.56 Å². The van der Waals surface area contributed by atoms with Crippen molar-refractivity contribution in [3.63, 3.8) is 0 Å². The van der Waals surface area contributed by atoms with Gasteiger partial charge in [-0.3, -0.25) is 9.48 Å². The molecule has 0 atom stereocenters. The Balaban J connectivity index is 1.62. The molecule has 23 heavy (non-hydrogen) atoms. The van der Waals surface area contributed by atoms with E-state index in [1.807, 2.05) is 30.2 Å². The monoisotopic (exact) mass is 313 g/mol. The molecule has 1 aliphatic rings. The van der Waals surface area contributed by atoms with Gasteiger partial charge in [-0.15, -0.1) is 0 Å². The van der Waals surface area contributed by atoms with Crippen molar-refractivity contribution in [3.05, 3.63) is 47.8 Å². The maximum Gasteiger partial charge on any atom is 0.274 e. The van der Waals surface area contributed by atoms with Gasteiger partial charge in [0.2, 0.25) is 0 Å². The first-order valence-corrected chi connectivity index (χ1v) is 8.18. The number of hydrogen-bond donors (Lipinski definition) is 0. The molecular weight excluding hydrogens is 290 g/mol. The largest absolute Gasteiger partial charge is 0.497 e. The van der Waals surface area contributed by atoms with E-state index < -0.39 is 0 Å². The van der Waals surface area contributed by atoms with E-state index in [9.17, 15) is 4.79 Å². The van der Waals surface area contributed by atoms with Gasteiger partial charge in [-0.25, -0.2) is 0 Å². The fourth-order valence-corrected chi connectivity index (χ4v) is 3.13. The third-order valence-electron chi connectivity index (χ3n) is 4.53. The van der Waals surface area contributed by atoms with Crippen molar-refractivity contribution in [3.8, 4) is 5.75 Å². The number of ether oxygens (including phenoxy) is 1. The topological polar surface area (TPSA) is 47.4 Å². The number of benzene rings is 1. The minimum absolute atomic E-state index is 0.0429. The third-order valence-corrected chi connectivity index (χ3v) is 4.53. The van der Waals surface area contributed by atoms with Crippen LogP contribution >= 0.6 is 0 Å². The molecule has 0 bridgehead atoms. The maximum atomic E-state index is 12.5. The lowest BCUT2D eigenvalue weighted by molar-refractivity contribution is 0.0706. The highest BCUT2D eigenvalue weighted by molar-refractivity contribution is 5.92. The fraction of sp³-hybridized carbons (Fsp3) is 0.444. The molecule has 1 fully saturated rings. The van der Waals surface area contributed by atoms with Gasteiger partial charge in [-0.1, -0.05) is 12.1 Å². The number of amides is 1. The lowest BCUT2D eigenvalue weighted by Crippen LogP contribution is -2.38. The predicted molar refractivity (Wildman–Crippen MR) is 88.8 cm³/mol. The van der Waals surface area contributed by atoms with Gasteiger partial charge < -0.3 is 9.64 Å². The van der Waals surface area contributed by atoms with Gasteiger partial charge in [0.25, 0.3) is 5.91 Å². The second-order valence-corrected chi connectivity index (χ2v) is 5.90. The Bertz CT molecular complexity index is 672. The van der Waals surface area contributed by atoms with Crippen molar-refractivity contribution in [1.29, 1.82) is 0 Å². The van der Waals surface area contributed by atoms with Crippen LogP contribution in [0.15, 0.2) is 36.5 Å². The first kappa shape index (κ1) is 15.6. The summed E-state index contributed by atoms with van der Waals surface area (Å²) in [7, 11) is 1.69. The number of carbonyl (C=O) groups is 1. The standard InChI is InChI=1S/C18H23N3O2/c1-3-21-12-9-17(19-21)18(22)20-10-7-14(8-11-20)15-5-4-6-16(13-15)23-2/h4-6,9,12-14H,3,7-8,10-11H2,1-2H3. The summed E-state index contributed by atoms with van der Waals surface area (Å²) >= 11 is 0. The fourth-order valence-electron chi connectivity index (χ4n) is 3.13. The van der Waals surface area contributed by atoms with Gasteiger partial charge in [-0.05, 0) is 49.4 Å². The minimum Gasteiger partial charge on any atom is -0.497 e. The number of aryl methyl sites for hydroxylation is 1. The maximum absolute atomic E-state index is 12.5. The lowest BCUT2D eigenvalue weighted by Gasteiger charge is -2.32. The van der Waals surface area contributed by atoms with Gasteiger partial charge in [0.05, 0.1) is 7.11 Å². The number of piperidine rings is 1. The van der Waals surface area contributed by atoms with Crippen molar-refractivity contribution < 1.29 is 9.53 Å². The molecule has 0 aliphatic carbocycles. The molecule has 5 nitrogen and oxygen atoms in total. The van der Waals surface area contributed by atoms with E-state index in [0.717, 1.165) is 38.2 Å². The number of nitrogens with zero attached hydrogens (tertiary/aromatic N) is 3. The molecule has 122 valence electrons. The van der Waals surface area contributed by atoms with Crippen LogP contribution in [0, 0.1) is 0 Å². The van der Waals surface area contributed by atoms with Crippen LogP contribution in [0.5, 0.6) is 5.75 Å². The van der Waals surface area contributed by atoms with E-state index in [0.29, 0.717) is 11.6 Å². The second kappa shape index (κ2) is 6.86. The van der Waals surface area contributed by atoms with E-state index in [4.69, 9.17) is 4.74 Å². The van der Waals surface area contributed by atoms with Gasteiger partial charge >= 0.3 is 0 Å². The smallest absolute Gasteiger partial charge is 0.274 e. The summed E-state index contributed by atoms with van der Waals surface area (Å²) in [6.07, 6.45) is 3.82. The molecule has 0 saturated carbocycles. The van der Waals surface area contributed by atoms with Gasteiger partial charge in [0.15, 0.2) is 0 Å². The first-order chi connectivity index (χ1) is 11.2. The quantitative estimate of drug-likeness (QED) is 0.872. The summed E-state index contributed by atoms with van der Waals surface area (Å²) in [6.45, 7) is 4.35. The third kappa shape index (κ3) is 3.38. The Morgan fingerprint density at radius 1 is 1.30 bits per heavy atom. The summed E-state index contributed by atoms with van der Waals surface area (Å²) in [6, 6.07) is 10.0. The van der Waals surface area contributed by atoms with Crippen LogP contribution in [0.25, 0.3) is 0 Å². The minimum atomic E-state index is 0.0429. The molecule has 0 radical (unpaired) electrons. The normalized spacial score (nSPS) is 15.7. The highest BCUT2D eigenvalue weighted by atomic mass is 16.5. The first-order valence-electron chi connectivity index (χ1n) is 8.18. The molecular formula is C18H23N3O2. The Kier molecular flexibility index (Phi) is 4.65. The molecule has 1 aliphatic heterocycles. The molecule has 5 heteroatoms. The number of methoxy groups -OCH3 is 1. The Morgan fingerprint density at radius 2 is 2.09 bits per heavy atom. The molecule has 1 saturated heterocycles. The highest BCUT2D eigenvalue weighted by Crippen LogP contribution is 2.30. The number of likely N-dealkylation sites (tertiary alicyclic amines) is 1. The SMILES string of the molecule is CCn1ccc(C(=O)N2CCC(c3cccc(OC)c3)CC2)n1. The zero-order chi connectivity index (χ0) is 16.2. The van der Waals surface area contributed by atoms with Crippen LogP contribution in [-0.2, 0) is 6.54 Å². The summed E-state index contributed by atoms with van der Waals surface area (Å²) < 4.78 is 7.09. The van der Waals surface area contributed by atoms with Crippen molar-refractivity contribution in [2.45, 2.75) is 32.2 Å². The van der Waals surface area contributed by atoms with Crippen molar-refractivity contribution >= 4 is 5.91 Å². The Labute approximate surface area is 136 Å². The molecule has 2 aromatic rings. The van der Waals surface area contributed by atoms with Crippen molar-refractivity contribution in [1.82, 2.24) is 14.7 Å².